The molecular formula is C26H24BrN3O3. The van der Waals surface area contributed by atoms with Crippen molar-refractivity contribution in [3.05, 3.63) is 93.5 Å². The largest absolute Gasteiger partial charge is 0.465 e. The van der Waals surface area contributed by atoms with Crippen LogP contribution >= 0.6 is 15.9 Å². The summed E-state index contributed by atoms with van der Waals surface area (Å²) in [6, 6.07) is 20.5. The Morgan fingerprint density at radius 2 is 1.76 bits per heavy atom. The van der Waals surface area contributed by atoms with E-state index in [0.717, 1.165) is 21.3 Å². The van der Waals surface area contributed by atoms with E-state index >= 15 is 0 Å². The quantitative estimate of drug-likeness (QED) is 0.320. The van der Waals surface area contributed by atoms with Crippen LogP contribution in [0.15, 0.2) is 71.2 Å². The van der Waals surface area contributed by atoms with Gasteiger partial charge in [0.2, 0.25) is 0 Å². The number of carbonyl (C=O) groups excluding carboxylic acids is 2. The zero-order chi connectivity index (χ0) is 23.8. The number of anilines is 2. The average molecular weight is 506 g/mol. The highest BCUT2D eigenvalue weighted by Crippen LogP contribution is 2.39. The van der Waals surface area contributed by atoms with Gasteiger partial charge in [-0.05, 0) is 49.2 Å². The van der Waals surface area contributed by atoms with Crippen molar-refractivity contribution in [2.45, 2.75) is 19.4 Å². The van der Waals surface area contributed by atoms with Gasteiger partial charge >= 0.3 is 5.97 Å². The minimum absolute atomic E-state index is 0.253. The number of ether oxygens (including phenoxy) is 1. The highest BCUT2D eigenvalue weighted by molar-refractivity contribution is 9.10. The highest BCUT2D eigenvalue weighted by Gasteiger charge is 2.29. The molecule has 1 aliphatic heterocycles. The lowest BCUT2D eigenvalue weighted by atomic mass is 9.95. The van der Waals surface area contributed by atoms with Crippen molar-refractivity contribution in [1.82, 2.24) is 0 Å². The molecule has 7 heteroatoms. The van der Waals surface area contributed by atoms with Crippen molar-refractivity contribution in [3.8, 4) is 0 Å². The van der Waals surface area contributed by atoms with Gasteiger partial charge < -0.3 is 21.1 Å². The van der Waals surface area contributed by atoms with Gasteiger partial charge in [0.15, 0.2) is 0 Å². The second-order valence-electron chi connectivity index (χ2n) is 8.36. The summed E-state index contributed by atoms with van der Waals surface area (Å²) < 4.78 is 5.67. The van der Waals surface area contributed by atoms with Crippen LogP contribution in [0.1, 0.15) is 40.9 Å². The maximum atomic E-state index is 13.1. The van der Waals surface area contributed by atoms with E-state index in [9.17, 15) is 9.59 Å². The van der Waals surface area contributed by atoms with E-state index < -0.39 is 11.5 Å². The third-order valence-electron chi connectivity index (χ3n) is 5.43. The molecule has 0 atom stereocenters. The van der Waals surface area contributed by atoms with Gasteiger partial charge in [-0.2, -0.15) is 0 Å². The Balaban J connectivity index is 1.84. The molecule has 0 aromatic heterocycles. The SMILES string of the molecule is COC(=O)c1ccc2c(c1)NC(=O)C2=C(Nc1ccc(C(C)(C)N)c(Br)c1)c1ccccc1. The number of esters is 1. The molecule has 4 N–H and O–H groups in total. The molecule has 168 valence electrons. The summed E-state index contributed by atoms with van der Waals surface area (Å²) in [6.07, 6.45) is 0. The van der Waals surface area contributed by atoms with Gasteiger partial charge in [-0.15, -0.1) is 0 Å². The number of hydrogen-bond acceptors (Lipinski definition) is 5. The molecule has 0 radical (unpaired) electrons. The van der Waals surface area contributed by atoms with Gasteiger partial charge in [-0.3, -0.25) is 4.79 Å². The van der Waals surface area contributed by atoms with E-state index in [-0.39, 0.29) is 5.91 Å². The Labute approximate surface area is 201 Å². The van der Waals surface area contributed by atoms with E-state index in [4.69, 9.17) is 10.5 Å². The lowest BCUT2D eigenvalue weighted by Crippen LogP contribution is -2.29. The van der Waals surface area contributed by atoms with E-state index in [1.807, 2.05) is 62.4 Å². The van der Waals surface area contributed by atoms with Crippen LogP contribution in [0, 0.1) is 0 Å². The van der Waals surface area contributed by atoms with Gasteiger partial charge in [0.05, 0.1) is 29.6 Å². The Bertz CT molecular complexity index is 1280. The first-order valence-corrected chi connectivity index (χ1v) is 11.2. The summed E-state index contributed by atoms with van der Waals surface area (Å²) in [7, 11) is 1.33. The Kier molecular flexibility index (Phi) is 6.10. The molecule has 33 heavy (non-hydrogen) atoms. The first-order chi connectivity index (χ1) is 15.7. The summed E-state index contributed by atoms with van der Waals surface area (Å²) >= 11 is 3.62. The summed E-state index contributed by atoms with van der Waals surface area (Å²) in [5, 5.41) is 6.31. The fourth-order valence-electron chi connectivity index (χ4n) is 3.81. The van der Waals surface area contributed by atoms with Crippen LogP contribution in [0.3, 0.4) is 0 Å². The zero-order valence-corrected chi connectivity index (χ0v) is 20.1. The molecule has 6 nitrogen and oxygen atoms in total. The van der Waals surface area contributed by atoms with Gasteiger partial charge in [0.1, 0.15) is 0 Å². The number of nitrogens with two attached hydrogens (primary N) is 1. The van der Waals surface area contributed by atoms with Gasteiger partial charge in [-0.25, -0.2) is 4.79 Å². The van der Waals surface area contributed by atoms with Crippen LogP contribution in [0.4, 0.5) is 11.4 Å². The van der Waals surface area contributed by atoms with E-state index in [2.05, 4.69) is 26.6 Å². The van der Waals surface area contributed by atoms with Crippen LogP contribution in [-0.4, -0.2) is 19.0 Å². The van der Waals surface area contributed by atoms with Crippen LogP contribution in [0.2, 0.25) is 0 Å². The molecule has 0 aliphatic carbocycles. The predicted molar refractivity (Wildman–Crippen MR) is 135 cm³/mol. The van der Waals surface area contributed by atoms with Crippen LogP contribution in [-0.2, 0) is 15.1 Å². The summed E-state index contributed by atoms with van der Waals surface area (Å²) in [5.74, 6) is -0.712. The van der Waals surface area contributed by atoms with Crippen molar-refractivity contribution in [2.24, 2.45) is 5.73 Å². The molecule has 4 rings (SSSR count). The number of halogens is 1. The molecule has 0 bridgehead atoms. The Morgan fingerprint density at radius 1 is 1.03 bits per heavy atom. The third kappa shape index (κ3) is 4.55. The van der Waals surface area contributed by atoms with Crippen molar-refractivity contribution in [2.75, 3.05) is 17.7 Å². The zero-order valence-electron chi connectivity index (χ0n) is 18.5. The molecule has 1 heterocycles. The lowest BCUT2D eigenvalue weighted by molar-refractivity contribution is -0.110. The molecule has 0 fully saturated rings. The molecule has 3 aromatic rings. The van der Waals surface area contributed by atoms with Crippen LogP contribution in [0.5, 0.6) is 0 Å². The van der Waals surface area contributed by atoms with Crippen molar-refractivity contribution in [1.29, 1.82) is 0 Å². The van der Waals surface area contributed by atoms with E-state index in [1.54, 1.807) is 18.2 Å². The lowest BCUT2D eigenvalue weighted by Gasteiger charge is -2.22. The number of carbonyl (C=O) groups is 2. The topological polar surface area (TPSA) is 93.4 Å². The number of benzene rings is 3. The summed E-state index contributed by atoms with van der Waals surface area (Å²) in [5.41, 5.74) is 11.2. The predicted octanol–water partition coefficient (Wildman–Crippen LogP) is 5.36. The minimum atomic E-state index is -0.500. The van der Waals surface area contributed by atoms with Crippen molar-refractivity contribution < 1.29 is 14.3 Å². The number of hydrogen-bond donors (Lipinski definition) is 3. The molecule has 0 spiro atoms. The summed E-state index contributed by atoms with van der Waals surface area (Å²) in [6.45, 7) is 3.89. The molecule has 3 aromatic carbocycles. The molecular weight excluding hydrogens is 482 g/mol. The summed E-state index contributed by atoms with van der Waals surface area (Å²) in [4.78, 5) is 25.0. The Hall–Kier alpha value is -3.42. The number of amides is 1. The maximum Gasteiger partial charge on any atom is 0.337 e. The maximum absolute atomic E-state index is 13.1. The van der Waals surface area contributed by atoms with Gasteiger partial charge in [0, 0.05) is 21.3 Å². The van der Waals surface area contributed by atoms with E-state index in [0.29, 0.717) is 28.1 Å². The first-order valence-electron chi connectivity index (χ1n) is 10.4. The third-order valence-corrected chi connectivity index (χ3v) is 6.09. The smallest absolute Gasteiger partial charge is 0.337 e. The Morgan fingerprint density at radius 3 is 2.39 bits per heavy atom. The van der Waals surface area contributed by atoms with Gasteiger partial charge in [0.25, 0.3) is 5.91 Å². The number of rotatable bonds is 5. The second kappa shape index (κ2) is 8.84. The van der Waals surface area contributed by atoms with E-state index in [1.165, 1.54) is 7.11 Å². The van der Waals surface area contributed by atoms with Crippen LogP contribution in [0.25, 0.3) is 11.3 Å². The second-order valence-corrected chi connectivity index (χ2v) is 9.22. The normalized spacial score (nSPS) is 14.4. The van der Waals surface area contributed by atoms with Crippen LogP contribution < -0.4 is 16.4 Å². The molecule has 1 aliphatic rings. The minimum Gasteiger partial charge on any atom is -0.465 e. The number of nitrogens with one attached hydrogen (secondary N) is 2. The van der Waals surface area contributed by atoms with Crippen molar-refractivity contribution >= 4 is 50.5 Å². The van der Waals surface area contributed by atoms with Crippen molar-refractivity contribution in [3.63, 3.8) is 0 Å². The number of fused-ring (bicyclic) bond motifs is 1. The monoisotopic (exact) mass is 505 g/mol. The fraction of sp³-hybridized carbons (Fsp3) is 0.154. The average Bonchev–Trinajstić information content (AvgIpc) is 3.11. The molecule has 0 unspecified atom stereocenters. The molecule has 0 saturated carbocycles. The van der Waals surface area contributed by atoms with Gasteiger partial charge in [-0.1, -0.05) is 58.4 Å². The fourth-order valence-corrected chi connectivity index (χ4v) is 4.70. The standard InChI is InChI=1S/C26H24BrN3O3/c1-26(2,28)19-12-10-17(14-20(19)27)29-23(15-7-5-4-6-8-15)22-18-11-9-16(25(32)33-3)13-21(18)30-24(22)31/h4-14,29H,28H2,1-3H3,(H,30,31). The molecule has 1 amide bonds. The molecule has 0 saturated heterocycles. The number of methoxy groups -OCH3 is 1. The highest BCUT2D eigenvalue weighted by atomic mass is 79.9. The first kappa shape index (κ1) is 22.8.